The lowest BCUT2D eigenvalue weighted by Gasteiger charge is -2.08. The van der Waals surface area contributed by atoms with Crippen molar-refractivity contribution in [3.63, 3.8) is 0 Å². The van der Waals surface area contributed by atoms with Crippen LogP contribution in [0.25, 0.3) is 22.6 Å². The number of fused-ring (bicyclic) bond motifs is 1. The van der Waals surface area contributed by atoms with E-state index in [4.69, 9.17) is 4.42 Å². The molecule has 0 unspecified atom stereocenters. The van der Waals surface area contributed by atoms with Crippen molar-refractivity contribution in [2.75, 3.05) is 0 Å². The molecule has 0 aliphatic rings. The lowest BCUT2D eigenvalue weighted by molar-refractivity contribution is -0.121. The Bertz CT molecular complexity index is 1140. The molecule has 2 aromatic heterocycles. The Morgan fingerprint density at radius 3 is 2.64 bits per heavy atom. The number of hydrogen-bond donors (Lipinski definition) is 1. The Labute approximate surface area is 162 Å². The normalized spacial score (nSPS) is 11.7. The molecular formula is C22H20N4O2. The van der Waals surface area contributed by atoms with Gasteiger partial charge in [0.25, 0.3) is 5.91 Å². The molecule has 140 valence electrons. The molecule has 6 heteroatoms. The van der Waals surface area contributed by atoms with E-state index in [1.807, 2.05) is 73.0 Å². The molecule has 4 rings (SSSR count). The lowest BCUT2D eigenvalue weighted by atomic mass is 10.1. The lowest BCUT2D eigenvalue weighted by Crippen LogP contribution is -2.24. The summed E-state index contributed by atoms with van der Waals surface area (Å²) < 4.78 is 7.33. The zero-order valence-electron chi connectivity index (χ0n) is 15.7. The molecule has 2 aromatic carbocycles. The second kappa shape index (κ2) is 7.52. The van der Waals surface area contributed by atoms with Crippen molar-refractivity contribution < 1.29 is 9.21 Å². The van der Waals surface area contributed by atoms with Gasteiger partial charge in [-0.05, 0) is 43.7 Å². The first kappa shape index (κ1) is 17.7. The summed E-state index contributed by atoms with van der Waals surface area (Å²) in [5, 5.41) is 4.24. The molecule has 0 fully saturated rings. The molecule has 1 N–H and O–H groups in total. The highest BCUT2D eigenvalue weighted by Crippen LogP contribution is 2.25. The first-order valence-corrected chi connectivity index (χ1v) is 9.01. The van der Waals surface area contributed by atoms with Crippen LogP contribution in [0.15, 0.2) is 76.4 Å². The first-order valence-electron chi connectivity index (χ1n) is 9.01. The van der Waals surface area contributed by atoms with Gasteiger partial charge in [-0.15, -0.1) is 0 Å². The molecule has 0 aliphatic heterocycles. The number of benzene rings is 2. The van der Waals surface area contributed by atoms with Crippen LogP contribution >= 0.6 is 0 Å². The Morgan fingerprint density at radius 2 is 1.89 bits per heavy atom. The van der Waals surface area contributed by atoms with Gasteiger partial charge in [-0.2, -0.15) is 5.10 Å². The van der Waals surface area contributed by atoms with E-state index in [2.05, 4.69) is 15.5 Å². The standard InChI is InChI=1S/C22H20N4O2/c1-15-9-11-17(12-10-15)16(2)24-25-21(27)14-26-19-7-4-3-6-18(19)23-22(26)20-8-5-13-28-20/h3-13H,14H2,1-2H3,(H,25,27)/b24-16+. The number of amides is 1. The summed E-state index contributed by atoms with van der Waals surface area (Å²) >= 11 is 0. The fourth-order valence-electron chi connectivity index (χ4n) is 3.01. The second-order valence-electron chi connectivity index (χ2n) is 6.59. The molecule has 0 radical (unpaired) electrons. The number of nitrogens with one attached hydrogen (secondary N) is 1. The van der Waals surface area contributed by atoms with E-state index >= 15 is 0 Å². The smallest absolute Gasteiger partial charge is 0.260 e. The third kappa shape index (κ3) is 3.57. The zero-order chi connectivity index (χ0) is 19.5. The van der Waals surface area contributed by atoms with Crippen LogP contribution in [0.5, 0.6) is 0 Å². The van der Waals surface area contributed by atoms with E-state index in [9.17, 15) is 4.79 Å². The monoisotopic (exact) mass is 372 g/mol. The van der Waals surface area contributed by atoms with Crippen LogP contribution in [-0.4, -0.2) is 21.2 Å². The summed E-state index contributed by atoms with van der Waals surface area (Å²) in [4.78, 5) is 17.2. The summed E-state index contributed by atoms with van der Waals surface area (Å²) in [6.07, 6.45) is 1.59. The highest BCUT2D eigenvalue weighted by molar-refractivity contribution is 5.99. The van der Waals surface area contributed by atoms with E-state index in [1.165, 1.54) is 5.56 Å². The van der Waals surface area contributed by atoms with E-state index in [1.54, 1.807) is 12.3 Å². The fourth-order valence-corrected chi connectivity index (χ4v) is 3.01. The average Bonchev–Trinajstić information content (AvgIpc) is 3.35. The van der Waals surface area contributed by atoms with Crippen molar-refractivity contribution in [1.29, 1.82) is 0 Å². The molecule has 4 aromatic rings. The highest BCUT2D eigenvalue weighted by Gasteiger charge is 2.16. The van der Waals surface area contributed by atoms with Crippen molar-refractivity contribution in [1.82, 2.24) is 15.0 Å². The third-order valence-electron chi connectivity index (χ3n) is 4.52. The Balaban J connectivity index is 1.58. The summed E-state index contributed by atoms with van der Waals surface area (Å²) in [6.45, 7) is 3.98. The average molecular weight is 372 g/mol. The van der Waals surface area contributed by atoms with Gasteiger partial charge in [-0.3, -0.25) is 4.79 Å². The Kier molecular flexibility index (Phi) is 4.76. The summed E-state index contributed by atoms with van der Waals surface area (Å²) in [7, 11) is 0. The van der Waals surface area contributed by atoms with Gasteiger partial charge in [-0.1, -0.05) is 42.0 Å². The minimum atomic E-state index is -0.234. The molecule has 6 nitrogen and oxygen atoms in total. The van der Waals surface area contributed by atoms with Crippen LogP contribution in [-0.2, 0) is 11.3 Å². The van der Waals surface area contributed by atoms with Crippen LogP contribution in [0.1, 0.15) is 18.1 Å². The van der Waals surface area contributed by atoms with Gasteiger partial charge in [0.1, 0.15) is 6.54 Å². The minimum absolute atomic E-state index is 0.0845. The number of imidazole rings is 1. The molecule has 0 aliphatic carbocycles. The molecule has 0 saturated heterocycles. The zero-order valence-corrected chi connectivity index (χ0v) is 15.7. The Hall–Kier alpha value is -3.67. The van der Waals surface area contributed by atoms with Crippen molar-refractivity contribution >= 4 is 22.7 Å². The fraction of sp³-hybridized carbons (Fsp3) is 0.136. The van der Waals surface area contributed by atoms with E-state index in [0.29, 0.717) is 11.6 Å². The molecule has 0 atom stereocenters. The Morgan fingerprint density at radius 1 is 1.11 bits per heavy atom. The number of carbonyl (C=O) groups excluding carboxylic acids is 1. The molecule has 0 saturated carbocycles. The maximum Gasteiger partial charge on any atom is 0.260 e. The second-order valence-corrected chi connectivity index (χ2v) is 6.59. The van der Waals surface area contributed by atoms with Crippen molar-refractivity contribution in [2.24, 2.45) is 5.10 Å². The van der Waals surface area contributed by atoms with Crippen LogP contribution in [0.3, 0.4) is 0 Å². The molecule has 0 bridgehead atoms. The minimum Gasteiger partial charge on any atom is -0.461 e. The van der Waals surface area contributed by atoms with Gasteiger partial charge in [0.05, 0.1) is 23.0 Å². The highest BCUT2D eigenvalue weighted by atomic mass is 16.3. The maximum absolute atomic E-state index is 12.6. The molecule has 2 heterocycles. The number of nitrogens with zero attached hydrogens (tertiary/aromatic N) is 3. The van der Waals surface area contributed by atoms with E-state index in [0.717, 1.165) is 22.3 Å². The number of aryl methyl sites for hydroxylation is 1. The number of hydrogen-bond acceptors (Lipinski definition) is 4. The molecule has 0 spiro atoms. The van der Waals surface area contributed by atoms with E-state index in [-0.39, 0.29) is 12.5 Å². The predicted molar refractivity (Wildman–Crippen MR) is 109 cm³/mol. The number of para-hydroxylation sites is 2. The van der Waals surface area contributed by atoms with Crippen LogP contribution in [0.2, 0.25) is 0 Å². The predicted octanol–water partition coefficient (Wildman–Crippen LogP) is 4.15. The molecule has 28 heavy (non-hydrogen) atoms. The van der Waals surface area contributed by atoms with Gasteiger partial charge < -0.3 is 8.98 Å². The number of hydrazone groups is 1. The largest absolute Gasteiger partial charge is 0.461 e. The van der Waals surface area contributed by atoms with Gasteiger partial charge in [0.15, 0.2) is 11.6 Å². The molecular weight excluding hydrogens is 352 g/mol. The summed E-state index contributed by atoms with van der Waals surface area (Å²) in [5.74, 6) is 0.992. The number of furan rings is 1. The van der Waals surface area contributed by atoms with Crippen LogP contribution < -0.4 is 5.43 Å². The quantitative estimate of drug-likeness (QED) is 0.423. The van der Waals surface area contributed by atoms with Crippen LogP contribution in [0.4, 0.5) is 0 Å². The van der Waals surface area contributed by atoms with Crippen LogP contribution in [0, 0.1) is 6.92 Å². The number of rotatable bonds is 5. The van der Waals surface area contributed by atoms with Gasteiger partial charge in [0.2, 0.25) is 0 Å². The van der Waals surface area contributed by atoms with Gasteiger partial charge in [-0.25, -0.2) is 10.4 Å². The topological polar surface area (TPSA) is 72.4 Å². The summed E-state index contributed by atoms with van der Waals surface area (Å²) in [6, 6.07) is 19.3. The summed E-state index contributed by atoms with van der Waals surface area (Å²) in [5.41, 5.74) is 7.20. The maximum atomic E-state index is 12.6. The number of aromatic nitrogens is 2. The molecule has 1 amide bonds. The third-order valence-corrected chi connectivity index (χ3v) is 4.52. The SMILES string of the molecule is C/C(=N\NC(=O)Cn1c(-c2ccco2)nc2ccccc21)c1ccc(C)cc1. The van der Waals surface area contributed by atoms with Gasteiger partial charge in [0, 0.05) is 0 Å². The number of carbonyl (C=O) groups is 1. The van der Waals surface area contributed by atoms with E-state index < -0.39 is 0 Å². The van der Waals surface area contributed by atoms with Gasteiger partial charge >= 0.3 is 0 Å². The first-order chi connectivity index (χ1) is 13.6. The van der Waals surface area contributed by atoms with Crippen molar-refractivity contribution in [3.8, 4) is 11.6 Å². The van der Waals surface area contributed by atoms with Crippen molar-refractivity contribution in [2.45, 2.75) is 20.4 Å². The van der Waals surface area contributed by atoms with Crippen molar-refractivity contribution in [3.05, 3.63) is 78.1 Å².